The average Bonchev–Trinajstić information content (AvgIpc) is 3.70. The number of aliphatic hydroxyl groups is 1. The van der Waals surface area contributed by atoms with Crippen LogP contribution in [0.2, 0.25) is 0 Å². The summed E-state index contributed by atoms with van der Waals surface area (Å²) >= 11 is 0. The SMILES string of the molecule is CC/C=C\C/C=C\C/C=C\C/C=C\CCCCCCCCCCCCCCCCCCCCCCCCCCCCC(=O)NC(COP(=O)([O-])OCC[N+](C)(C)C)C(O)/C=C/CCCCCCCCCCCCCCCCCCCCCCCCCCC. The summed E-state index contributed by atoms with van der Waals surface area (Å²) in [7, 11) is 1.28. The normalized spacial score (nSPS) is 13.9. The minimum atomic E-state index is -4.61. The first kappa shape index (κ1) is 86.2. The molecule has 0 aliphatic rings. The van der Waals surface area contributed by atoms with Crippen molar-refractivity contribution >= 4 is 13.7 Å². The molecule has 3 unspecified atom stereocenters. The standard InChI is InChI=1S/C79H151N2O6P/c1-6-8-10-12-14-16-18-20-22-24-26-28-30-32-34-35-36-37-38-39-40-41-42-43-44-45-47-49-51-53-55-57-59-61-63-65-67-69-71-73-79(83)80-77(76-87-88(84,85)86-75-74-81(3,4)5)78(82)72-70-68-66-64-62-60-58-56-54-52-50-48-46-33-31-29-27-25-23-21-19-17-15-13-11-9-7-2/h8,10,14,16,20,22,26,28,70,72,77-78,82H,6-7,9,11-13,15,17-19,21,23-25,27,29-69,71,73-76H2,1-5H3,(H-,80,83,84,85)/b10-8-,16-14-,22-20-,28-26-,72-70+. The van der Waals surface area contributed by atoms with Gasteiger partial charge in [0.05, 0.1) is 39.9 Å². The number of phosphoric ester groups is 1. The minimum Gasteiger partial charge on any atom is -0.756 e. The van der Waals surface area contributed by atoms with Crippen LogP contribution >= 0.6 is 7.82 Å². The van der Waals surface area contributed by atoms with Crippen molar-refractivity contribution in [3.63, 3.8) is 0 Å². The molecular weight excluding hydrogens is 1100 g/mol. The lowest BCUT2D eigenvalue weighted by Crippen LogP contribution is -2.45. The zero-order valence-corrected chi connectivity index (χ0v) is 60.3. The van der Waals surface area contributed by atoms with E-state index in [4.69, 9.17) is 9.05 Å². The summed E-state index contributed by atoms with van der Waals surface area (Å²) in [6.07, 6.45) is 96.6. The first-order valence-electron chi connectivity index (χ1n) is 38.7. The molecule has 9 heteroatoms. The van der Waals surface area contributed by atoms with Crippen LogP contribution < -0.4 is 10.2 Å². The molecule has 1 amide bonds. The number of carbonyl (C=O) groups is 1. The number of nitrogens with one attached hydrogen (secondary N) is 1. The molecule has 518 valence electrons. The second-order valence-corrected chi connectivity index (χ2v) is 29.1. The van der Waals surface area contributed by atoms with Crippen LogP contribution in [0.4, 0.5) is 0 Å². The fourth-order valence-electron chi connectivity index (χ4n) is 11.8. The zero-order valence-electron chi connectivity index (χ0n) is 59.4. The Labute approximate surface area is 549 Å². The predicted octanol–water partition coefficient (Wildman–Crippen LogP) is 24.5. The maximum atomic E-state index is 13.1. The third kappa shape index (κ3) is 71.6. The first-order valence-corrected chi connectivity index (χ1v) is 40.1. The molecular formula is C79H151N2O6P. The Morgan fingerprint density at radius 3 is 1.01 bits per heavy atom. The Morgan fingerprint density at radius 2 is 0.693 bits per heavy atom. The molecule has 0 aromatic heterocycles. The maximum Gasteiger partial charge on any atom is 0.268 e. The lowest BCUT2D eigenvalue weighted by molar-refractivity contribution is -0.870. The summed E-state index contributed by atoms with van der Waals surface area (Å²) in [6, 6.07) is -0.887. The molecule has 0 heterocycles. The number of allylic oxidation sites excluding steroid dienone is 9. The lowest BCUT2D eigenvalue weighted by Gasteiger charge is -2.29. The number of unbranched alkanes of at least 4 members (excludes halogenated alkanes) is 51. The number of nitrogens with zero attached hydrogens (tertiary/aromatic N) is 1. The van der Waals surface area contributed by atoms with E-state index in [9.17, 15) is 19.4 Å². The van der Waals surface area contributed by atoms with Crippen LogP contribution in [0.15, 0.2) is 60.8 Å². The van der Waals surface area contributed by atoms with Crippen molar-refractivity contribution in [3.8, 4) is 0 Å². The highest BCUT2D eigenvalue weighted by molar-refractivity contribution is 7.45. The van der Waals surface area contributed by atoms with Crippen molar-refractivity contribution in [2.24, 2.45) is 0 Å². The van der Waals surface area contributed by atoms with Crippen molar-refractivity contribution in [2.45, 2.75) is 398 Å². The summed E-state index contributed by atoms with van der Waals surface area (Å²) in [5.74, 6) is -0.189. The third-order valence-corrected chi connectivity index (χ3v) is 18.7. The largest absolute Gasteiger partial charge is 0.756 e. The van der Waals surface area contributed by atoms with E-state index in [1.165, 1.54) is 302 Å². The highest BCUT2D eigenvalue weighted by Gasteiger charge is 2.23. The minimum absolute atomic E-state index is 0.000823. The van der Waals surface area contributed by atoms with E-state index in [0.29, 0.717) is 17.4 Å². The molecule has 2 N–H and O–H groups in total. The Bertz CT molecular complexity index is 1620. The van der Waals surface area contributed by atoms with Crippen LogP contribution in [0.25, 0.3) is 0 Å². The smallest absolute Gasteiger partial charge is 0.268 e. The molecule has 3 atom stereocenters. The van der Waals surface area contributed by atoms with E-state index in [2.05, 4.69) is 67.8 Å². The number of hydrogen-bond donors (Lipinski definition) is 2. The number of hydrogen-bond acceptors (Lipinski definition) is 6. The summed E-state index contributed by atoms with van der Waals surface area (Å²) in [5, 5.41) is 14.0. The zero-order chi connectivity index (χ0) is 64.1. The second kappa shape index (κ2) is 69.5. The number of phosphoric acid groups is 1. The van der Waals surface area contributed by atoms with Gasteiger partial charge in [0.25, 0.3) is 7.82 Å². The van der Waals surface area contributed by atoms with Gasteiger partial charge in [-0.15, -0.1) is 0 Å². The van der Waals surface area contributed by atoms with Gasteiger partial charge in [-0.1, -0.05) is 383 Å². The van der Waals surface area contributed by atoms with Gasteiger partial charge in [-0.3, -0.25) is 9.36 Å². The Hall–Kier alpha value is -1.80. The number of quaternary nitrogens is 1. The molecule has 88 heavy (non-hydrogen) atoms. The number of likely N-dealkylation sites (N-methyl/N-ethyl adjacent to an activating group) is 1. The van der Waals surface area contributed by atoms with Crippen LogP contribution in [0.3, 0.4) is 0 Å². The van der Waals surface area contributed by atoms with Gasteiger partial charge < -0.3 is 28.8 Å². The van der Waals surface area contributed by atoms with Crippen LogP contribution in [0.1, 0.15) is 386 Å². The van der Waals surface area contributed by atoms with Gasteiger partial charge in [0.2, 0.25) is 5.91 Å². The van der Waals surface area contributed by atoms with Crippen LogP contribution in [-0.2, 0) is 18.4 Å². The fourth-order valence-corrected chi connectivity index (χ4v) is 12.5. The third-order valence-electron chi connectivity index (χ3n) is 17.7. The van der Waals surface area contributed by atoms with E-state index in [-0.39, 0.29) is 19.1 Å². The highest BCUT2D eigenvalue weighted by Crippen LogP contribution is 2.38. The molecule has 0 saturated carbocycles. The molecule has 8 nitrogen and oxygen atoms in total. The van der Waals surface area contributed by atoms with Crippen LogP contribution in [0.5, 0.6) is 0 Å². The monoisotopic (exact) mass is 1260 g/mol. The number of rotatable bonds is 72. The van der Waals surface area contributed by atoms with Crippen molar-refractivity contribution in [2.75, 3.05) is 40.9 Å². The molecule has 0 saturated heterocycles. The van der Waals surface area contributed by atoms with E-state index in [1.54, 1.807) is 6.08 Å². The van der Waals surface area contributed by atoms with Crippen LogP contribution in [-0.4, -0.2) is 68.5 Å². The number of carbonyl (C=O) groups excluding carboxylic acids is 1. The van der Waals surface area contributed by atoms with Crippen LogP contribution in [0, 0.1) is 0 Å². The topological polar surface area (TPSA) is 108 Å². The van der Waals surface area contributed by atoms with Crippen molar-refractivity contribution in [1.29, 1.82) is 0 Å². The van der Waals surface area contributed by atoms with Gasteiger partial charge in [0.15, 0.2) is 0 Å². The average molecular weight is 1260 g/mol. The van der Waals surface area contributed by atoms with Crippen molar-refractivity contribution in [3.05, 3.63) is 60.8 Å². The quantitative estimate of drug-likeness (QED) is 0.0272. The second-order valence-electron chi connectivity index (χ2n) is 27.7. The van der Waals surface area contributed by atoms with Gasteiger partial charge >= 0.3 is 0 Å². The number of aliphatic hydroxyl groups excluding tert-OH is 1. The molecule has 0 aromatic rings. The van der Waals surface area contributed by atoms with Gasteiger partial charge in [-0.2, -0.15) is 0 Å². The molecule has 0 aliphatic carbocycles. The summed E-state index contributed by atoms with van der Waals surface area (Å²) in [5.41, 5.74) is 0. The van der Waals surface area contributed by atoms with E-state index in [0.717, 1.165) is 64.2 Å². The van der Waals surface area contributed by atoms with Gasteiger partial charge in [0.1, 0.15) is 13.2 Å². The van der Waals surface area contributed by atoms with Gasteiger partial charge in [-0.25, -0.2) is 0 Å². The molecule has 0 aliphatic heterocycles. The Balaban J connectivity index is 3.94. The summed E-state index contributed by atoms with van der Waals surface area (Å²) in [4.78, 5) is 25.7. The van der Waals surface area contributed by atoms with Crippen molar-refractivity contribution < 1.29 is 32.9 Å². The predicted molar refractivity (Wildman–Crippen MR) is 385 cm³/mol. The molecule has 0 aromatic carbocycles. The first-order chi connectivity index (χ1) is 43.0. The molecule has 0 radical (unpaired) electrons. The van der Waals surface area contributed by atoms with E-state index >= 15 is 0 Å². The molecule has 0 fully saturated rings. The van der Waals surface area contributed by atoms with Crippen molar-refractivity contribution in [1.82, 2.24) is 5.32 Å². The van der Waals surface area contributed by atoms with E-state index in [1.807, 2.05) is 27.2 Å². The highest BCUT2D eigenvalue weighted by atomic mass is 31.2. The lowest BCUT2D eigenvalue weighted by atomic mass is 10.0. The molecule has 0 spiro atoms. The summed E-state index contributed by atoms with van der Waals surface area (Å²) < 4.78 is 23.5. The maximum absolute atomic E-state index is 13.1. The summed E-state index contributed by atoms with van der Waals surface area (Å²) in [6.45, 7) is 4.60. The molecule has 0 bridgehead atoms. The number of amides is 1. The Morgan fingerprint density at radius 1 is 0.409 bits per heavy atom. The Kier molecular flexibility index (Phi) is 68.1. The van der Waals surface area contributed by atoms with Gasteiger partial charge in [0, 0.05) is 6.42 Å². The molecule has 0 rings (SSSR count). The fraction of sp³-hybridized carbons (Fsp3) is 0.861. The van der Waals surface area contributed by atoms with E-state index < -0.39 is 20.0 Å². The van der Waals surface area contributed by atoms with Gasteiger partial charge in [-0.05, 0) is 57.8 Å².